The second kappa shape index (κ2) is 6.45. The Labute approximate surface area is 123 Å². The molecule has 0 saturated carbocycles. The molecule has 4 nitrogen and oxygen atoms in total. The van der Waals surface area contributed by atoms with Gasteiger partial charge in [0, 0.05) is 0 Å². The van der Waals surface area contributed by atoms with Crippen molar-refractivity contribution >= 4 is 0 Å². The van der Waals surface area contributed by atoms with Crippen LogP contribution in [0, 0.1) is 22.7 Å². The maximum Gasteiger partial charge on any atom is 0.118 e. The van der Waals surface area contributed by atoms with Gasteiger partial charge in [0.15, 0.2) is 0 Å². The summed E-state index contributed by atoms with van der Waals surface area (Å²) in [5, 5.41) is 28.2. The summed E-state index contributed by atoms with van der Waals surface area (Å²) in [6.07, 6.45) is 0. The van der Waals surface area contributed by atoms with Crippen molar-refractivity contribution in [2.75, 3.05) is 7.11 Å². The van der Waals surface area contributed by atoms with Crippen molar-refractivity contribution in [1.82, 2.24) is 0 Å². The van der Waals surface area contributed by atoms with E-state index in [0.29, 0.717) is 11.3 Å². The zero-order chi connectivity index (χ0) is 15.2. The molecule has 0 aliphatic heterocycles. The monoisotopic (exact) mass is 278 g/mol. The molecule has 2 rings (SSSR count). The maximum atomic E-state index is 9.44. The molecule has 104 valence electrons. The average molecular weight is 278 g/mol. The number of hydrogen-bond donors (Lipinski definition) is 1. The smallest absolute Gasteiger partial charge is 0.118 e. The lowest BCUT2D eigenvalue weighted by Gasteiger charge is -2.16. The van der Waals surface area contributed by atoms with E-state index in [1.807, 2.05) is 0 Å². The largest absolute Gasteiger partial charge is 0.508 e. The molecule has 0 fully saturated rings. The summed E-state index contributed by atoms with van der Waals surface area (Å²) < 4.78 is 5.09. The van der Waals surface area contributed by atoms with Crippen LogP contribution in [0.3, 0.4) is 0 Å². The Balaban J connectivity index is 2.35. The molecule has 2 atom stereocenters. The van der Waals surface area contributed by atoms with Crippen molar-refractivity contribution in [3.8, 4) is 23.6 Å². The summed E-state index contributed by atoms with van der Waals surface area (Å²) in [6.45, 7) is 0. The minimum Gasteiger partial charge on any atom is -0.508 e. The third kappa shape index (κ3) is 3.13. The van der Waals surface area contributed by atoms with Gasteiger partial charge in [-0.15, -0.1) is 0 Å². The number of nitrogens with zero attached hydrogens (tertiary/aromatic N) is 2. The van der Waals surface area contributed by atoms with Crippen molar-refractivity contribution < 1.29 is 9.84 Å². The topological polar surface area (TPSA) is 77.0 Å². The fraction of sp³-hybridized carbons (Fsp3) is 0.176. The van der Waals surface area contributed by atoms with Gasteiger partial charge in [-0.05, 0) is 35.4 Å². The van der Waals surface area contributed by atoms with Crippen LogP contribution in [0.2, 0.25) is 0 Å². The van der Waals surface area contributed by atoms with Crippen LogP contribution in [-0.4, -0.2) is 12.2 Å². The lowest BCUT2D eigenvalue weighted by molar-refractivity contribution is 0.414. The van der Waals surface area contributed by atoms with E-state index in [1.54, 1.807) is 43.5 Å². The van der Waals surface area contributed by atoms with Crippen LogP contribution in [0.5, 0.6) is 11.5 Å². The number of phenols is 1. The molecule has 0 amide bonds. The molecule has 0 saturated heterocycles. The van der Waals surface area contributed by atoms with Crippen molar-refractivity contribution in [1.29, 1.82) is 10.5 Å². The van der Waals surface area contributed by atoms with Gasteiger partial charge >= 0.3 is 0 Å². The zero-order valence-corrected chi connectivity index (χ0v) is 11.5. The zero-order valence-electron chi connectivity index (χ0n) is 11.5. The van der Waals surface area contributed by atoms with Crippen LogP contribution in [0.4, 0.5) is 0 Å². The lowest BCUT2D eigenvalue weighted by Crippen LogP contribution is -2.08. The van der Waals surface area contributed by atoms with E-state index in [0.717, 1.165) is 5.56 Å². The summed E-state index contributed by atoms with van der Waals surface area (Å²) in [7, 11) is 1.57. The predicted octanol–water partition coefficient (Wildman–Crippen LogP) is 3.32. The van der Waals surface area contributed by atoms with E-state index in [-0.39, 0.29) is 5.75 Å². The van der Waals surface area contributed by atoms with Crippen molar-refractivity contribution in [2.24, 2.45) is 0 Å². The number of ether oxygens (including phenoxy) is 1. The number of rotatable bonds is 4. The Morgan fingerprint density at radius 2 is 1.29 bits per heavy atom. The Bertz CT molecular complexity index is 679. The number of aromatic hydroxyl groups is 1. The SMILES string of the molecule is COc1ccc(C(C#N)C(C#N)c2ccc(O)cc2)cc1. The molecule has 4 heteroatoms. The highest BCUT2D eigenvalue weighted by atomic mass is 16.5. The first-order valence-corrected chi connectivity index (χ1v) is 6.41. The van der Waals surface area contributed by atoms with Crippen molar-refractivity contribution in [3.63, 3.8) is 0 Å². The van der Waals surface area contributed by atoms with E-state index >= 15 is 0 Å². The maximum absolute atomic E-state index is 9.44. The number of phenolic OH excluding ortho intramolecular Hbond substituents is 1. The van der Waals surface area contributed by atoms with Crippen LogP contribution in [-0.2, 0) is 0 Å². The molecule has 0 aromatic heterocycles. The van der Waals surface area contributed by atoms with Crippen molar-refractivity contribution in [3.05, 3.63) is 59.7 Å². The average Bonchev–Trinajstić information content (AvgIpc) is 2.54. The Morgan fingerprint density at radius 1 is 0.857 bits per heavy atom. The summed E-state index contributed by atoms with van der Waals surface area (Å²) in [4.78, 5) is 0. The second-order valence-electron chi connectivity index (χ2n) is 4.58. The van der Waals surface area contributed by atoms with Gasteiger partial charge in [-0.1, -0.05) is 24.3 Å². The summed E-state index contributed by atoms with van der Waals surface area (Å²) in [6, 6.07) is 17.9. The van der Waals surface area contributed by atoms with Gasteiger partial charge in [-0.3, -0.25) is 0 Å². The molecular formula is C17H14N2O2. The van der Waals surface area contributed by atoms with E-state index in [2.05, 4.69) is 12.1 Å². The minimum atomic E-state index is -0.594. The molecule has 0 spiro atoms. The van der Waals surface area contributed by atoms with Gasteiger partial charge in [-0.25, -0.2) is 0 Å². The van der Waals surface area contributed by atoms with Crippen molar-refractivity contribution in [2.45, 2.75) is 11.8 Å². The van der Waals surface area contributed by atoms with Gasteiger partial charge in [0.25, 0.3) is 0 Å². The standard InChI is InChI=1S/C17H14N2O2/c1-21-15-8-4-13(5-9-15)17(11-19)16(10-18)12-2-6-14(20)7-3-12/h2-9,16-17,20H,1H3. The van der Waals surface area contributed by atoms with E-state index in [1.165, 1.54) is 12.1 Å². The number of methoxy groups -OCH3 is 1. The number of nitriles is 2. The van der Waals surface area contributed by atoms with Gasteiger partial charge in [-0.2, -0.15) is 10.5 Å². The molecule has 2 aromatic carbocycles. The highest BCUT2D eigenvalue weighted by Crippen LogP contribution is 2.33. The molecule has 2 unspecified atom stereocenters. The third-order valence-corrected chi connectivity index (χ3v) is 3.34. The van der Waals surface area contributed by atoms with Gasteiger partial charge in [0.2, 0.25) is 0 Å². The first kappa shape index (κ1) is 14.4. The first-order valence-electron chi connectivity index (χ1n) is 6.41. The first-order chi connectivity index (χ1) is 10.2. The summed E-state index contributed by atoms with van der Waals surface area (Å²) >= 11 is 0. The minimum absolute atomic E-state index is 0.133. The van der Waals surface area contributed by atoms with Gasteiger partial charge in [0.05, 0.1) is 31.1 Å². The second-order valence-corrected chi connectivity index (χ2v) is 4.58. The molecule has 0 aliphatic carbocycles. The lowest BCUT2D eigenvalue weighted by atomic mass is 9.83. The Kier molecular flexibility index (Phi) is 4.43. The number of benzene rings is 2. The van der Waals surface area contributed by atoms with E-state index in [4.69, 9.17) is 4.74 Å². The number of hydrogen-bond acceptors (Lipinski definition) is 4. The van der Waals surface area contributed by atoms with Crippen LogP contribution in [0.15, 0.2) is 48.5 Å². The molecule has 0 radical (unpaired) electrons. The molecular weight excluding hydrogens is 264 g/mol. The summed E-state index contributed by atoms with van der Waals surface area (Å²) in [5.74, 6) is -0.337. The predicted molar refractivity (Wildman–Crippen MR) is 77.8 cm³/mol. The quantitative estimate of drug-likeness (QED) is 0.930. The highest BCUT2D eigenvalue weighted by Gasteiger charge is 2.24. The van der Waals surface area contributed by atoms with Gasteiger partial charge in [0.1, 0.15) is 11.5 Å². The molecule has 1 N–H and O–H groups in total. The highest BCUT2D eigenvalue weighted by molar-refractivity contribution is 5.40. The molecule has 2 aromatic rings. The van der Waals surface area contributed by atoms with Crippen LogP contribution >= 0.6 is 0 Å². The molecule has 21 heavy (non-hydrogen) atoms. The Hall–Kier alpha value is -2.98. The Morgan fingerprint density at radius 3 is 1.67 bits per heavy atom. The van der Waals surface area contributed by atoms with Crippen LogP contribution in [0.25, 0.3) is 0 Å². The molecule has 0 aliphatic rings. The molecule has 0 bridgehead atoms. The van der Waals surface area contributed by atoms with Crippen LogP contribution in [0.1, 0.15) is 23.0 Å². The van der Waals surface area contributed by atoms with E-state index < -0.39 is 11.8 Å². The molecule has 0 heterocycles. The summed E-state index contributed by atoms with van der Waals surface area (Å²) in [5.41, 5.74) is 1.47. The fourth-order valence-electron chi connectivity index (χ4n) is 2.18. The fourth-order valence-corrected chi connectivity index (χ4v) is 2.18. The van der Waals surface area contributed by atoms with Crippen LogP contribution < -0.4 is 4.74 Å². The normalized spacial score (nSPS) is 12.7. The van der Waals surface area contributed by atoms with E-state index in [9.17, 15) is 15.6 Å². The third-order valence-electron chi connectivity index (χ3n) is 3.34. The van der Waals surface area contributed by atoms with Gasteiger partial charge < -0.3 is 9.84 Å².